The van der Waals surface area contributed by atoms with Gasteiger partial charge in [-0.3, -0.25) is 9.69 Å². The third-order valence-corrected chi connectivity index (χ3v) is 6.05. The highest BCUT2D eigenvalue weighted by atomic mass is 16.5. The van der Waals surface area contributed by atoms with Gasteiger partial charge < -0.3 is 14.4 Å². The summed E-state index contributed by atoms with van der Waals surface area (Å²) in [5, 5.41) is 0. The van der Waals surface area contributed by atoms with E-state index in [0.717, 1.165) is 31.9 Å². The van der Waals surface area contributed by atoms with E-state index in [1.54, 1.807) is 21.1 Å². The van der Waals surface area contributed by atoms with Crippen LogP contribution in [-0.4, -0.2) is 62.7 Å². The molecule has 2 aromatic rings. The van der Waals surface area contributed by atoms with E-state index in [1.807, 2.05) is 17.0 Å². The van der Waals surface area contributed by atoms with Gasteiger partial charge in [-0.05, 0) is 36.1 Å². The van der Waals surface area contributed by atoms with Crippen LogP contribution in [0, 0.1) is 12.8 Å². The molecule has 162 valence electrons. The second-order valence-corrected chi connectivity index (χ2v) is 8.28. The molecule has 2 unspecified atom stereocenters. The first-order chi connectivity index (χ1) is 14.5. The Morgan fingerprint density at radius 1 is 1.07 bits per heavy atom. The third-order valence-electron chi connectivity index (χ3n) is 6.05. The molecule has 0 radical (unpaired) electrons. The highest BCUT2D eigenvalue weighted by Gasteiger charge is 2.35. The summed E-state index contributed by atoms with van der Waals surface area (Å²) < 4.78 is 10.5. The van der Waals surface area contributed by atoms with Gasteiger partial charge in [0.05, 0.1) is 13.7 Å². The van der Waals surface area contributed by atoms with Gasteiger partial charge in [0.2, 0.25) is 5.91 Å². The van der Waals surface area contributed by atoms with Crippen LogP contribution in [0.15, 0.2) is 48.5 Å². The number of aryl methyl sites for hydroxylation is 1. The minimum absolute atomic E-state index is 0.114. The average Bonchev–Trinajstić information content (AvgIpc) is 3.14. The molecule has 0 aliphatic carbocycles. The summed E-state index contributed by atoms with van der Waals surface area (Å²) >= 11 is 0. The lowest BCUT2D eigenvalue weighted by Gasteiger charge is -2.27. The molecule has 0 bridgehead atoms. The van der Waals surface area contributed by atoms with Crippen molar-refractivity contribution in [1.82, 2.24) is 9.80 Å². The highest BCUT2D eigenvalue weighted by Crippen LogP contribution is 2.34. The molecule has 0 spiro atoms. The zero-order valence-corrected chi connectivity index (χ0v) is 18.6. The van der Waals surface area contributed by atoms with Crippen LogP contribution >= 0.6 is 0 Å². The maximum atomic E-state index is 12.2. The van der Waals surface area contributed by atoms with E-state index in [4.69, 9.17) is 9.47 Å². The first-order valence-electron chi connectivity index (χ1n) is 10.7. The number of rotatable bonds is 9. The van der Waals surface area contributed by atoms with Crippen molar-refractivity contribution >= 4 is 5.91 Å². The smallest absolute Gasteiger partial charge is 0.219 e. The second-order valence-electron chi connectivity index (χ2n) is 8.28. The van der Waals surface area contributed by atoms with Gasteiger partial charge in [-0.2, -0.15) is 0 Å². The molecule has 5 heteroatoms. The molecule has 0 aromatic heterocycles. The Labute approximate surface area is 180 Å². The standard InChI is InChI=1S/C25H34N2O3/c1-19-5-9-22(10-6-19)25-18-26(15-21-7-11-24(30-4)12-8-21)16-23(25)17-27(20(2)28)13-14-29-3/h5-12,23,25H,13-18H2,1-4H3. The number of carbonyl (C=O) groups excluding carboxylic acids is 1. The summed E-state index contributed by atoms with van der Waals surface area (Å²) in [6.45, 7) is 8.61. The van der Waals surface area contributed by atoms with Crippen molar-refractivity contribution in [3.05, 3.63) is 65.2 Å². The lowest BCUT2D eigenvalue weighted by molar-refractivity contribution is -0.130. The number of amides is 1. The van der Waals surface area contributed by atoms with Crippen LogP contribution < -0.4 is 4.74 Å². The van der Waals surface area contributed by atoms with E-state index in [-0.39, 0.29) is 5.91 Å². The minimum atomic E-state index is 0.114. The Hall–Kier alpha value is -2.37. The topological polar surface area (TPSA) is 42.0 Å². The third kappa shape index (κ3) is 5.83. The normalized spacial score (nSPS) is 19.1. The van der Waals surface area contributed by atoms with Crippen molar-refractivity contribution in [2.75, 3.05) is 47.0 Å². The number of hydrogen-bond acceptors (Lipinski definition) is 4. The van der Waals surface area contributed by atoms with Crippen LogP contribution in [-0.2, 0) is 16.1 Å². The van der Waals surface area contributed by atoms with Gasteiger partial charge in [0.15, 0.2) is 0 Å². The molecule has 1 aliphatic rings. The van der Waals surface area contributed by atoms with Crippen molar-refractivity contribution in [2.24, 2.45) is 5.92 Å². The summed E-state index contributed by atoms with van der Waals surface area (Å²) in [5.41, 5.74) is 3.91. The summed E-state index contributed by atoms with van der Waals surface area (Å²) in [7, 11) is 3.37. The Kier molecular flexibility index (Phi) is 7.88. The van der Waals surface area contributed by atoms with Gasteiger partial charge >= 0.3 is 0 Å². The molecule has 1 aliphatic heterocycles. The molecule has 1 amide bonds. The molecule has 1 fully saturated rings. The molecule has 3 rings (SSSR count). The van der Waals surface area contributed by atoms with Crippen molar-refractivity contribution in [2.45, 2.75) is 26.3 Å². The van der Waals surface area contributed by atoms with Crippen molar-refractivity contribution in [1.29, 1.82) is 0 Å². The Morgan fingerprint density at radius 3 is 2.37 bits per heavy atom. The Bertz CT molecular complexity index is 804. The Balaban J connectivity index is 1.75. The largest absolute Gasteiger partial charge is 0.497 e. The molecule has 2 atom stereocenters. The van der Waals surface area contributed by atoms with Gasteiger partial charge in [0, 0.05) is 52.7 Å². The number of nitrogens with zero attached hydrogens (tertiary/aromatic N) is 2. The second kappa shape index (κ2) is 10.6. The summed E-state index contributed by atoms with van der Waals surface area (Å²) in [6, 6.07) is 17.2. The summed E-state index contributed by atoms with van der Waals surface area (Å²) in [4.78, 5) is 16.6. The van der Waals surface area contributed by atoms with E-state index >= 15 is 0 Å². The van der Waals surface area contributed by atoms with Crippen molar-refractivity contribution < 1.29 is 14.3 Å². The minimum Gasteiger partial charge on any atom is -0.497 e. The molecular weight excluding hydrogens is 376 g/mol. The Morgan fingerprint density at radius 2 is 1.77 bits per heavy atom. The van der Waals surface area contributed by atoms with E-state index in [1.165, 1.54) is 16.7 Å². The van der Waals surface area contributed by atoms with Crippen molar-refractivity contribution in [3.8, 4) is 5.75 Å². The zero-order valence-electron chi connectivity index (χ0n) is 18.6. The SMILES string of the molecule is COCCN(CC1CN(Cc2ccc(OC)cc2)CC1c1ccc(C)cc1)C(C)=O. The molecule has 2 aromatic carbocycles. The quantitative estimate of drug-likeness (QED) is 0.632. The lowest BCUT2D eigenvalue weighted by atomic mass is 9.88. The maximum Gasteiger partial charge on any atom is 0.219 e. The van der Waals surface area contributed by atoms with E-state index < -0.39 is 0 Å². The van der Waals surface area contributed by atoms with Gasteiger partial charge in [0.25, 0.3) is 0 Å². The number of ether oxygens (including phenoxy) is 2. The van der Waals surface area contributed by atoms with Crippen molar-refractivity contribution in [3.63, 3.8) is 0 Å². The van der Waals surface area contributed by atoms with Crippen LogP contribution in [0.3, 0.4) is 0 Å². The predicted octanol–water partition coefficient (Wildman–Crippen LogP) is 3.71. The fourth-order valence-electron chi connectivity index (χ4n) is 4.32. The lowest BCUT2D eigenvalue weighted by Crippen LogP contribution is -2.38. The van der Waals surface area contributed by atoms with Crippen LogP contribution in [0.25, 0.3) is 0 Å². The van der Waals surface area contributed by atoms with Crippen LogP contribution in [0.4, 0.5) is 0 Å². The number of carbonyl (C=O) groups is 1. The van der Waals surface area contributed by atoms with Gasteiger partial charge in [-0.25, -0.2) is 0 Å². The number of methoxy groups -OCH3 is 2. The molecule has 5 nitrogen and oxygen atoms in total. The van der Waals surface area contributed by atoms with Gasteiger partial charge in [0.1, 0.15) is 5.75 Å². The summed E-state index contributed by atoms with van der Waals surface area (Å²) in [6.07, 6.45) is 0. The van der Waals surface area contributed by atoms with Gasteiger partial charge in [-0.15, -0.1) is 0 Å². The first-order valence-corrected chi connectivity index (χ1v) is 10.7. The number of benzene rings is 2. The molecule has 0 saturated carbocycles. The number of likely N-dealkylation sites (tertiary alicyclic amines) is 1. The summed E-state index contributed by atoms with van der Waals surface area (Å²) in [5.74, 6) is 1.80. The van der Waals surface area contributed by atoms with Crippen LogP contribution in [0.2, 0.25) is 0 Å². The highest BCUT2D eigenvalue weighted by molar-refractivity contribution is 5.73. The van der Waals surface area contributed by atoms with E-state index in [2.05, 4.69) is 48.2 Å². The zero-order chi connectivity index (χ0) is 21.5. The fraction of sp³-hybridized carbons (Fsp3) is 0.480. The number of hydrogen-bond donors (Lipinski definition) is 0. The average molecular weight is 411 g/mol. The fourth-order valence-corrected chi connectivity index (χ4v) is 4.32. The van der Waals surface area contributed by atoms with E-state index in [9.17, 15) is 4.79 Å². The predicted molar refractivity (Wildman–Crippen MR) is 120 cm³/mol. The molecule has 1 saturated heterocycles. The monoisotopic (exact) mass is 410 g/mol. The van der Waals surface area contributed by atoms with Gasteiger partial charge in [-0.1, -0.05) is 42.0 Å². The maximum absolute atomic E-state index is 12.2. The molecule has 30 heavy (non-hydrogen) atoms. The first kappa shape index (κ1) is 22.3. The van der Waals surface area contributed by atoms with E-state index in [0.29, 0.717) is 25.0 Å². The molecule has 1 heterocycles. The molecular formula is C25H34N2O3. The van der Waals surface area contributed by atoms with Crippen LogP contribution in [0.5, 0.6) is 5.75 Å². The van der Waals surface area contributed by atoms with Crippen LogP contribution in [0.1, 0.15) is 29.5 Å². The molecule has 0 N–H and O–H groups in total.